The van der Waals surface area contributed by atoms with Crippen LogP contribution in [-0.4, -0.2) is 19.3 Å². The second kappa shape index (κ2) is 7.86. The predicted octanol–water partition coefficient (Wildman–Crippen LogP) is 3.77. The van der Waals surface area contributed by atoms with Gasteiger partial charge in [-0.2, -0.15) is 5.26 Å². The van der Waals surface area contributed by atoms with Crippen LogP contribution in [0.15, 0.2) is 35.6 Å². The van der Waals surface area contributed by atoms with Crippen molar-refractivity contribution in [2.24, 2.45) is 0 Å². The third-order valence-corrected chi connectivity index (χ3v) is 3.74. The number of hydrogen-bond donors (Lipinski definition) is 2. The number of methoxy groups -OCH3 is 2. The molecule has 1 aromatic carbocycles. The maximum absolute atomic E-state index is 9.13. The summed E-state index contributed by atoms with van der Waals surface area (Å²) in [5.41, 5.74) is 1.89. The molecule has 7 heteroatoms. The lowest BCUT2D eigenvalue weighted by Crippen LogP contribution is -2.29. The summed E-state index contributed by atoms with van der Waals surface area (Å²) in [6.07, 6.45) is 5.56. The van der Waals surface area contributed by atoms with Gasteiger partial charge in [-0.15, -0.1) is 0 Å². The molecule has 0 bridgehead atoms. The molecule has 0 radical (unpaired) electrons. The minimum absolute atomic E-state index is 0.346. The van der Waals surface area contributed by atoms with Gasteiger partial charge in [0.1, 0.15) is 17.6 Å². The molecule has 5 nitrogen and oxygen atoms in total. The van der Waals surface area contributed by atoms with E-state index in [2.05, 4.69) is 16.7 Å². The van der Waals surface area contributed by atoms with Crippen LogP contribution in [0, 0.1) is 11.3 Å². The Morgan fingerprint density at radius 3 is 2.52 bits per heavy atom. The summed E-state index contributed by atoms with van der Waals surface area (Å²) in [7, 11) is 3.08. The van der Waals surface area contributed by atoms with E-state index >= 15 is 0 Å². The van der Waals surface area contributed by atoms with Crippen LogP contribution in [0.4, 0.5) is 5.69 Å². The van der Waals surface area contributed by atoms with E-state index in [-0.39, 0.29) is 0 Å². The molecule has 0 aliphatic heterocycles. The number of anilines is 1. The SMILES string of the molecule is COc1cc(OC)c(NC(=S)NC2=CCCC=C2C#N)cc1Cl. The molecule has 0 heterocycles. The van der Waals surface area contributed by atoms with Crippen LogP contribution < -0.4 is 20.1 Å². The summed E-state index contributed by atoms with van der Waals surface area (Å²) in [5, 5.41) is 16.0. The number of nitrogens with zero attached hydrogens (tertiary/aromatic N) is 1. The van der Waals surface area contributed by atoms with Gasteiger partial charge in [0.2, 0.25) is 0 Å². The molecule has 0 saturated heterocycles. The molecule has 2 N–H and O–H groups in total. The lowest BCUT2D eigenvalue weighted by molar-refractivity contribution is 0.396. The summed E-state index contributed by atoms with van der Waals surface area (Å²) >= 11 is 11.4. The zero-order valence-electron chi connectivity index (χ0n) is 12.8. The fourth-order valence-electron chi connectivity index (χ4n) is 2.13. The van der Waals surface area contributed by atoms with Crippen molar-refractivity contribution < 1.29 is 9.47 Å². The van der Waals surface area contributed by atoms with Crippen molar-refractivity contribution in [3.05, 3.63) is 40.6 Å². The van der Waals surface area contributed by atoms with E-state index in [0.29, 0.717) is 38.6 Å². The Hall–Kier alpha value is -2.23. The monoisotopic (exact) mass is 349 g/mol. The average Bonchev–Trinajstić information content (AvgIpc) is 2.55. The first-order valence-corrected chi connectivity index (χ1v) is 7.68. The van der Waals surface area contributed by atoms with Crippen molar-refractivity contribution in [1.29, 1.82) is 5.26 Å². The number of thiocarbonyl (C=S) groups is 1. The first kappa shape index (κ1) is 17.1. The lowest BCUT2D eigenvalue weighted by Gasteiger charge is -2.17. The van der Waals surface area contributed by atoms with Crippen molar-refractivity contribution >= 4 is 34.6 Å². The molecule has 120 valence electrons. The molecule has 2 rings (SSSR count). The maximum atomic E-state index is 9.13. The van der Waals surface area contributed by atoms with Gasteiger partial charge in [-0.05, 0) is 31.1 Å². The smallest absolute Gasteiger partial charge is 0.175 e. The lowest BCUT2D eigenvalue weighted by atomic mass is 10.0. The van der Waals surface area contributed by atoms with Crippen LogP contribution in [0.25, 0.3) is 0 Å². The molecule has 0 saturated carbocycles. The second-order valence-electron chi connectivity index (χ2n) is 4.69. The molecule has 0 unspecified atom stereocenters. The molecule has 23 heavy (non-hydrogen) atoms. The Labute approximate surface area is 145 Å². The molecule has 0 amide bonds. The van der Waals surface area contributed by atoms with E-state index in [9.17, 15) is 0 Å². The topological polar surface area (TPSA) is 66.3 Å². The number of hydrogen-bond acceptors (Lipinski definition) is 4. The fraction of sp³-hybridized carbons (Fsp3) is 0.250. The number of nitrogens with one attached hydrogen (secondary N) is 2. The minimum Gasteiger partial charge on any atom is -0.495 e. The highest BCUT2D eigenvalue weighted by Crippen LogP contribution is 2.35. The van der Waals surface area contributed by atoms with E-state index in [1.807, 2.05) is 12.2 Å². The average molecular weight is 350 g/mol. The van der Waals surface area contributed by atoms with Crippen LogP contribution in [0.2, 0.25) is 5.02 Å². The van der Waals surface area contributed by atoms with Crippen LogP contribution in [-0.2, 0) is 0 Å². The van der Waals surface area contributed by atoms with Gasteiger partial charge in [0.25, 0.3) is 0 Å². The Morgan fingerprint density at radius 1 is 1.17 bits per heavy atom. The van der Waals surface area contributed by atoms with E-state index in [1.54, 1.807) is 19.2 Å². The standard InChI is InChI=1S/C16H16ClN3O2S/c1-21-14-8-15(22-2)13(7-11(14)17)20-16(23)19-12-6-4-3-5-10(12)9-18/h5-8H,3-4H2,1-2H3,(H2,19,20,23). The molecule has 0 aromatic heterocycles. The van der Waals surface area contributed by atoms with Crippen molar-refractivity contribution in [1.82, 2.24) is 5.32 Å². The Morgan fingerprint density at radius 2 is 1.87 bits per heavy atom. The zero-order valence-corrected chi connectivity index (χ0v) is 14.3. The third kappa shape index (κ3) is 4.15. The number of benzene rings is 1. The number of allylic oxidation sites excluding steroid dienone is 3. The third-order valence-electron chi connectivity index (χ3n) is 3.24. The van der Waals surface area contributed by atoms with Crippen molar-refractivity contribution in [2.45, 2.75) is 12.8 Å². The molecule has 1 aliphatic carbocycles. The van der Waals surface area contributed by atoms with Crippen molar-refractivity contribution in [3.63, 3.8) is 0 Å². The van der Waals surface area contributed by atoms with Gasteiger partial charge in [-0.25, -0.2) is 0 Å². The Kier molecular flexibility index (Phi) is 5.85. The highest BCUT2D eigenvalue weighted by molar-refractivity contribution is 7.80. The molecule has 1 aromatic rings. The number of nitriles is 1. The number of rotatable bonds is 4. The van der Waals surface area contributed by atoms with Gasteiger partial charge in [0, 0.05) is 6.07 Å². The molecule has 0 atom stereocenters. The first-order valence-electron chi connectivity index (χ1n) is 6.89. The van der Waals surface area contributed by atoms with Crippen LogP contribution in [0.5, 0.6) is 11.5 Å². The molecule has 0 fully saturated rings. The summed E-state index contributed by atoms with van der Waals surface area (Å²) < 4.78 is 10.5. The van der Waals surface area contributed by atoms with Gasteiger partial charge < -0.3 is 20.1 Å². The Bertz CT molecular complexity index is 723. The quantitative estimate of drug-likeness (QED) is 0.806. The number of halogens is 1. The fourth-order valence-corrected chi connectivity index (χ4v) is 2.59. The predicted molar refractivity (Wildman–Crippen MR) is 94.9 cm³/mol. The Balaban J connectivity index is 2.15. The molecule has 1 aliphatic rings. The van der Waals surface area contributed by atoms with Gasteiger partial charge in [0.05, 0.1) is 36.2 Å². The normalized spacial score (nSPS) is 13.3. The molecular formula is C16H16ClN3O2S. The second-order valence-corrected chi connectivity index (χ2v) is 5.51. The largest absolute Gasteiger partial charge is 0.495 e. The first-order chi connectivity index (χ1) is 11.1. The van der Waals surface area contributed by atoms with E-state index in [4.69, 9.17) is 38.6 Å². The van der Waals surface area contributed by atoms with Gasteiger partial charge >= 0.3 is 0 Å². The van der Waals surface area contributed by atoms with Crippen LogP contribution in [0.1, 0.15) is 12.8 Å². The van der Waals surface area contributed by atoms with E-state index < -0.39 is 0 Å². The highest BCUT2D eigenvalue weighted by Gasteiger charge is 2.13. The van der Waals surface area contributed by atoms with Crippen molar-refractivity contribution in [2.75, 3.05) is 19.5 Å². The summed E-state index contributed by atoms with van der Waals surface area (Å²) in [6, 6.07) is 5.50. The van der Waals surface area contributed by atoms with E-state index in [0.717, 1.165) is 12.8 Å². The maximum Gasteiger partial charge on any atom is 0.175 e. The zero-order chi connectivity index (χ0) is 16.8. The van der Waals surface area contributed by atoms with E-state index in [1.165, 1.54) is 7.11 Å². The summed E-state index contributed by atoms with van der Waals surface area (Å²) in [6.45, 7) is 0. The summed E-state index contributed by atoms with van der Waals surface area (Å²) in [5.74, 6) is 1.06. The molecular weight excluding hydrogens is 334 g/mol. The minimum atomic E-state index is 0.346. The molecule has 0 spiro atoms. The van der Waals surface area contributed by atoms with Gasteiger partial charge in [-0.1, -0.05) is 23.8 Å². The van der Waals surface area contributed by atoms with Gasteiger partial charge in [0.15, 0.2) is 5.11 Å². The summed E-state index contributed by atoms with van der Waals surface area (Å²) in [4.78, 5) is 0. The van der Waals surface area contributed by atoms with Gasteiger partial charge in [-0.3, -0.25) is 0 Å². The van der Waals surface area contributed by atoms with Crippen LogP contribution >= 0.6 is 23.8 Å². The highest BCUT2D eigenvalue weighted by atomic mass is 35.5. The van der Waals surface area contributed by atoms with Crippen molar-refractivity contribution in [3.8, 4) is 17.6 Å². The van der Waals surface area contributed by atoms with Crippen LogP contribution in [0.3, 0.4) is 0 Å². The number of ether oxygens (including phenoxy) is 2.